The Morgan fingerprint density at radius 1 is 0.875 bits per heavy atom. The highest BCUT2D eigenvalue weighted by Crippen LogP contribution is 2.34. The van der Waals surface area contributed by atoms with Gasteiger partial charge >= 0.3 is 0 Å². The summed E-state index contributed by atoms with van der Waals surface area (Å²) in [6.45, 7) is 0. The summed E-state index contributed by atoms with van der Waals surface area (Å²) in [5.74, 6) is 0.518. The molecule has 12 heteroatoms. The first-order chi connectivity index (χ1) is 15.1. The highest BCUT2D eigenvalue weighted by Gasteiger charge is 2.29. The van der Waals surface area contributed by atoms with Crippen LogP contribution in [-0.4, -0.2) is 55.6 Å². The summed E-state index contributed by atoms with van der Waals surface area (Å²) in [6.07, 6.45) is 11.6. The van der Waals surface area contributed by atoms with Crippen molar-refractivity contribution < 1.29 is 16.8 Å². The number of nitrogens with zero attached hydrogens (tertiary/aromatic N) is 5. The summed E-state index contributed by atoms with van der Waals surface area (Å²) >= 11 is 0. The normalized spacial score (nSPS) is 16.1. The number of aromatic amines is 1. The predicted octanol–water partition coefficient (Wildman–Crippen LogP) is 2.94. The number of aromatic nitrogens is 4. The lowest BCUT2D eigenvalue weighted by atomic mass is 10.1. The van der Waals surface area contributed by atoms with Gasteiger partial charge in [0.1, 0.15) is 0 Å². The number of fused-ring (bicyclic) bond motifs is 1. The lowest BCUT2D eigenvalue weighted by Crippen LogP contribution is -2.35. The maximum atomic E-state index is 12.1. The fourth-order valence-electron chi connectivity index (χ4n) is 4.21. The second-order valence-electron chi connectivity index (χ2n) is 8.10. The number of benzene rings is 1. The summed E-state index contributed by atoms with van der Waals surface area (Å²) in [5.41, 5.74) is 1.46. The number of nitrogens with one attached hydrogen (secondary N) is 1. The zero-order valence-electron chi connectivity index (χ0n) is 18.0. The molecule has 2 aromatic heterocycles. The fourth-order valence-corrected chi connectivity index (χ4v) is 7.19. The molecule has 1 aromatic carbocycles. The minimum atomic E-state index is -4.01. The van der Waals surface area contributed by atoms with Crippen LogP contribution in [0.25, 0.3) is 11.0 Å². The second-order valence-corrected chi connectivity index (χ2v) is 12.0. The first-order valence-electron chi connectivity index (χ1n) is 10.4. The molecule has 0 amide bonds. The molecule has 1 aliphatic carbocycles. The monoisotopic (exact) mass is 478 g/mol. The summed E-state index contributed by atoms with van der Waals surface area (Å²) < 4.78 is 48.9. The molecule has 0 unspecified atom stereocenters. The van der Waals surface area contributed by atoms with Gasteiger partial charge in [-0.3, -0.25) is 5.10 Å². The van der Waals surface area contributed by atoms with E-state index in [0.29, 0.717) is 15.3 Å². The van der Waals surface area contributed by atoms with Crippen molar-refractivity contribution in [3.63, 3.8) is 0 Å². The van der Waals surface area contributed by atoms with Crippen molar-refractivity contribution in [3.8, 4) is 0 Å². The third-order valence-corrected chi connectivity index (χ3v) is 8.78. The first-order valence-corrected chi connectivity index (χ1v) is 14.1. The quantitative estimate of drug-likeness (QED) is 0.535. The molecule has 1 fully saturated rings. The van der Waals surface area contributed by atoms with Crippen molar-refractivity contribution in [2.45, 2.75) is 44.6 Å². The molecule has 1 saturated carbocycles. The molecule has 0 spiro atoms. The van der Waals surface area contributed by atoms with Gasteiger partial charge in [-0.1, -0.05) is 25.7 Å². The van der Waals surface area contributed by atoms with E-state index in [9.17, 15) is 16.8 Å². The molecule has 10 nitrogen and oxygen atoms in total. The Bertz CT molecular complexity index is 1270. The number of H-pyrrole nitrogens is 1. The standard InChI is InChI=1S/C20H26N6O4S2/c1-31(27,28)26(32(2,29)30)18-11-9-17(10-12-18)25(16-7-5-3-4-6-8-16)20-21-13-15-14-22-24-19(15)23-20/h9-14,16H,3-8H2,1-2H3,(H,21,22,23,24). The second kappa shape index (κ2) is 8.66. The number of hydrogen-bond acceptors (Lipinski definition) is 8. The van der Waals surface area contributed by atoms with Crippen molar-refractivity contribution in [3.05, 3.63) is 36.7 Å². The number of rotatable bonds is 6. The summed E-state index contributed by atoms with van der Waals surface area (Å²) in [4.78, 5) is 11.3. The van der Waals surface area contributed by atoms with Crippen molar-refractivity contribution in [1.82, 2.24) is 20.2 Å². The van der Waals surface area contributed by atoms with E-state index < -0.39 is 20.0 Å². The van der Waals surface area contributed by atoms with Gasteiger partial charge in [0, 0.05) is 17.9 Å². The van der Waals surface area contributed by atoms with Crippen molar-refractivity contribution in [2.24, 2.45) is 0 Å². The molecular weight excluding hydrogens is 452 g/mol. The van der Waals surface area contributed by atoms with Crippen LogP contribution in [0.3, 0.4) is 0 Å². The molecule has 172 valence electrons. The molecule has 1 aliphatic rings. The molecule has 0 saturated heterocycles. The van der Waals surface area contributed by atoms with Crippen LogP contribution in [0.4, 0.5) is 17.3 Å². The van der Waals surface area contributed by atoms with Crippen molar-refractivity contribution in [1.29, 1.82) is 0 Å². The Hall–Kier alpha value is -2.73. The van der Waals surface area contributed by atoms with Crippen LogP contribution < -0.4 is 8.61 Å². The summed E-state index contributed by atoms with van der Waals surface area (Å²) in [5, 5.41) is 7.69. The van der Waals surface area contributed by atoms with Crippen LogP contribution in [0.2, 0.25) is 0 Å². The van der Waals surface area contributed by atoms with Crippen LogP contribution in [0.1, 0.15) is 38.5 Å². The van der Waals surface area contributed by atoms with Crippen molar-refractivity contribution in [2.75, 3.05) is 21.1 Å². The fraction of sp³-hybridized carbons (Fsp3) is 0.450. The van der Waals surface area contributed by atoms with Gasteiger partial charge in [-0.15, -0.1) is 0 Å². The Balaban J connectivity index is 1.77. The smallest absolute Gasteiger partial charge is 0.245 e. The van der Waals surface area contributed by atoms with Crippen LogP contribution in [0, 0.1) is 0 Å². The Labute approximate surface area is 187 Å². The van der Waals surface area contributed by atoms with E-state index >= 15 is 0 Å². The van der Waals surface area contributed by atoms with Gasteiger partial charge in [0.05, 0.1) is 29.8 Å². The van der Waals surface area contributed by atoms with Gasteiger partial charge in [0.25, 0.3) is 0 Å². The molecular formula is C20H26N6O4S2. The van der Waals surface area contributed by atoms with Crippen LogP contribution >= 0.6 is 0 Å². The van der Waals surface area contributed by atoms with E-state index in [0.717, 1.165) is 49.3 Å². The SMILES string of the molecule is CS(=O)(=O)N(c1ccc(N(c2ncc3cn[nH]c3n2)C2CCCCCC2)cc1)S(C)(=O)=O. The zero-order valence-corrected chi connectivity index (χ0v) is 19.6. The summed E-state index contributed by atoms with van der Waals surface area (Å²) in [6, 6.07) is 6.59. The molecule has 32 heavy (non-hydrogen) atoms. The molecule has 0 atom stereocenters. The number of hydrogen-bond donors (Lipinski definition) is 1. The zero-order chi connectivity index (χ0) is 22.9. The molecule has 0 bridgehead atoms. The van der Waals surface area contributed by atoms with Crippen LogP contribution in [0.5, 0.6) is 0 Å². The average Bonchev–Trinajstić information content (AvgIpc) is 3.01. The minimum Gasteiger partial charge on any atom is -0.307 e. The van der Waals surface area contributed by atoms with E-state index in [2.05, 4.69) is 25.1 Å². The van der Waals surface area contributed by atoms with E-state index in [-0.39, 0.29) is 11.7 Å². The van der Waals surface area contributed by atoms with Crippen molar-refractivity contribution >= 4 is 48.4 Å². The average molecular weight is 479 g/mol. The largest absolute Gasteiger partial charge is 0.307 e. The van der Waals surface area contributed by atoms with E-state index in [4.69, 9.17) is 0 Å². The Morgan fingerprint density at radius 2 is 1.47 bits per heavy atom. The lowest BCUT2D eigenvalue weighted by molar-refractivity contribution is 0.562. The molecule has 3 aromatic rings. The topological polar surface area (TPSA) is 129 Å². The number of anilines is 3. The highest BCUT2D eigenvalue weighted by molar-refractivity contribution is 8.09. The third kappa shape index (κ3) is 4.70. The van der Waals surface area contributed by atoms with Crippen LogP contribution in [0.15, 0.2) is 36.7 Å². The first kappa shape index (κ1) is 22.5. The molecule has 0 aliphatic heterocycles. The van der Waals surface area contributed by atoms with Gasteiger partial charge in [-0.2, -0.15) is 13.8 Å². The molecule has 1 N–H and O–H groups in total. The molecule has 2 heterocycles. The van der Waals surface area contributed by atoms with E-state index in [1.54, 1.807) is 24.5 Å². The lowest BCUT2D eigenvalue weighted by Gasteiger charge is -2.31. The Morgan fingerprint density at radius 3 is 2.06 bits per heavy atom. The van der Waals surface area contributed by atoms with Gasteiger partial charge in [0.15, 0.2) is 5.65 Å². The van der Waals surface area contributed by atoms with Crippen LogP contribution in [-0.2, 0) is 20.0 Å². The van der Waals surface area contributed by atoms with Gasteiger partial charge in [-0.05, 0) is 37.1 Å². The maximum Gasteiger partial charge on any atom is 0.245 e. The number of sulfonamides is 2. The summed E-state index contributed by atoms with van der Waals surface area (Å²) in [7, 11) is -8.02. The van der Waals surface area contributed by atoms with Gasteiger partial charge in [-0.25, -0.2) is 21.8 Å². The molecule has 4 rings (SSSR count). The predicted molar refractivity (Wildman–Crippen MR) is 124 cm³/mol. The van der Waals surface area contributed by atoms with E-state index in [1.165, 1.54) is 25.0 Å². The third-order valence-electron chi connectivity index (χ3n) is 5.52. The maximum absolute atomic E-state index is 12.1. The highest BCUT2D eigenvalue weighted by atomic mass is 32.3. The van der Waals surface area contributed by atoms with Gasteiger partial charge in [0.2, 0.25) is 26.0 Å². The Kier molecular flexibility index (Phi) is 6.08. The van der Waals surface area contributed by atoms with Gasteiger partial charge < -0.3 is 4.90 Å². The molecule has 0 radical (unpaired) electrons. The minimum absolute atomic E-state index is 0.0597. The van der Waals surface area contributed by atoms with E-state index in [1.807, 2.05) is 0 Å².